The first kappa shape index (κ1) is 16.7. The van der Waals surface area contributed by atoms with Crippen molar-refractivity contribution in [1.82, 2.24) is 20.0 Å². The molecule has 1 saturated heterocycles. The standard InChI is InChI=1S/C19H26N4O/c1-15(2)22-10-7-17(13-22)12-20-19(24)18-6-3-5-16(11-18)14-23-9-4-8-21-23/h3-6,8-9,11,15,17H,7,10,12-14H2,1-2H3,(H,20,24)/t17-/m0/s1. The maximum Gasteiger partial charge on any atom is 0.251 e. The monoisotopic (exact) mass is 326 g/mol. The van der Waals surface area contributed by atoms with Crippen molar-refractivity contribution in [2.24, 2.45) is 5.92 Å². The van der Waals surface area contributed by atoms with Crippen molar-refractivity contribution in [1.29, 1.82) is 0 Å². The molecule has 5 heteroatoms. The second-order valence-corrected chi connectivity index (χ2v) is 6.86. The number of nitrogens with one attached hydrogen (secondary N) is 1. The molecular weight excluding hydrogens is 300 g/mol. The number of hydrogen-bond donors (Lipinski definition) is 1. The van der Waals surface area contributed by atoms with Gasteiger partial charge < -0.3 is 10.2 Å². The van der Waals surface area contributed by atoms with Crippen molar-refractivity contribution in [3.05, 3.63) is 53.9 Å². The third-order valence-corrected chi connectivity index (χ3v) is 4.69. The van der Waals surface area contributed by atoms with Crippen molar-refractivity contribution in [2.45, 2.75) is 32.9 Å². The van der Waals surface area contributed by atoms with Gasteiger partial charge in [0.15, 0.2) is 0 Å². The van der Waals surface area contributed by atoms with Crippen molar-refractivity contribution in [3.8, 4) is 0 Å². The van der Waals surface area contributed by atoms with Gasteiger partial charge in [0.2, 0.25) is 0 Å². The second-order valence-electron chi connectivity index (χ2n) is 6.86. The first-order valence-corrected chi connectivity index (χ1v) is 8.70. The van der Waals surface area contributed by atoms with Crippen LogP contribution in [-0.2, 0) is 6.54 Å². The summed E-state index contributed by atoms with van der Waals surface area (Å²) in [6.45, 7) is 8.11. The van der Waals surface area contributed by atoms with E-state index in [0.29, 0.717) is 18.5 Å². The summed E-state index contributed by atoms with van der Waals surface area (Å²) in [6, 6.07) is 10.3. The maximum absolute atomic E-state index is 12.4. The summed E-state index contributed by atoms with van der Waals surface area (Å²) >= 11 is 0. The summed E-state index contributed by atoms with van der Waals surface area (Å²) in [5.41, 5.74) is 1.80. The Kier molecular flexibility index (Phi) is 5.30. The molecule has 2 aromatic rings. The van der Waals surface area contributed by atoms with E-state index in [2.05, 4.69) is 29.2 Å². The van der Waals surface area contributed by atoms with Gasteiger partial charge in [-0.15, -0.1) is 0 Å². The lowest BCUT2D eigenvalue weighted by Gasteiger charge is -2.20. The van der Waals surface area contributed by atoms with Crippen molar-refractivity contribution in [3.63, 3.8) is 0 Å². The van der Waals surface area contributed by atoms with Crippen LogP contribution in [0.1, 0.15) is 36.2 Å². The molecule has 3 rings (SSSR count). The summed E-state index contributed by atoms with van der Waals surface area (Å²) in [5, 5.41) is 7.31. The molecule has 0 radical (unpaired) electrons. The maximum atomic E-state index is 12.4. The summed E-state index contributed by atoms with van der Waals surface area (Å²) in [7, 11) is 0. The molecule has 1 fully saturated rings. The SMILES string of the molecule is CC(C)N1CC[C@@H](CNC(=O)c2cccc(Cn3cccn3)c2)C1. The Hall–Kier alpha value is -2.14. The fourth-order valence-electron chi connectivity index (χ4n) is 3.23. The van der Waals surface area contributed by atoms with Gasteiger partial charge in [0, 0.05) is 37.1 Å². The molecule has 128 valence electrons. The van der Waals surface area contributed by atoms with E-state index >= 15 is 0 Å². The van der Waals surface area contributed by atoms with Crippen LogP contribution in [0.5, 0.6) is 0 Å². The summed E-state index contributed by atoms with van der Waals surface area (Å²) in [4.78, 5) is 14.9. The van der Waals surface area contributed by atoms with E-state index in [0.717, 1.165) is 37.2 Å². The Labute approximate surface area is 143 Å². The largest absolute Gasteiger partial charge is 0.352 e. The lowest BCUT2D eigenvalue weighted by atomic mass is 10.1. The first-order chi connectivity index (χ1) is 11.6. The lowest BCUT2D eigenvalue weighted by molar-refractivity contribution is 0.0947. The summed E-state index contributed by atoms with van der Waals surface area (Å²) < 4.78 is 1.86. The number of hydrogen-bond acceptors (Lipinski definition) is 3. The highest BCUT2D eigenvalue weighted by atomic mass is 16.1. The molecule has 1 aromatic heterocycles. The Morgan fingerprint density at radius 3 is 2.96 bits per heavy atom. The molecule has 0 saturated carbocycles. The molecule has 0 unspecified atom stereocenters. The Morgan fingerprint density at radius 1 is 1.38 bits per heavy atom. The quantitative estimate of drug-likeness (QED) is 0.887. The predicted octanol–water partition coefficient (Wildman–Crippen LogP) is 2.39. The van der Waals surface area contributed by atoms with Crippen LogP contribution in [-0.4, -0.2) is 46.3 Å². The van der Waals surface area contributed by atoms with Crippen molar-refractivity contribution >= 4 is 5.91 Å². The molecule has 2 heterocycles. The molecule has 1 aliphatic heterocycles. The van der Waals surface area contributed by atoms with Crippen LogP contribution in [0.4, 0.5) is 0 Å². The molecule has 1 atom stereocenters. The molecular formula is C19H26N4O. The molecule has 24 heavy (non-hydrogen) atoms. The van der Waals surface area contributed by atoms with Gasteiger partial charge in [-0.2, -0.15) is 5.10 Å². The minimum Gasteiger partial charge on any atom is -0.352 e. The van der Waals surface area contributed by atoms with E-state index in [-0.39, 0.29) is 5.91 Å². The van der Waals surface area contributed by atoms with Gasteiger partial charge in [0.05, 0.1) is 6.54 Å². The average molecular weight is 326 g/mol. The highest BCUT2D eigenvalue weighted by Gasteiger charge is 2.24. The lowest BCUT2D eigenvalue weighted by Crippen LogP contribution is -2.33. The summed E-state index contributed by atoms with van der Waals surface area (Å²) in [5.74, 6) is 0.573. The molecule has 1 aliphatic rings. The second kappa shape index (κ2) is 7.62. The molecule has 1 amide bonds. The smallest absolute Gasteiger partial charge is 0.251 e. The Balaban J connectivity index is 1.53. The number of carbonyl (C=O) groups excluding carboxylic acids is 1. The van der Waals surface area contributed by atoms with Gasteiger partial charge >= 0.3 is 0 Å². The van der Waals surface area contributed by atoms with Crippen LogP contribution in [0.3, 0.4) is 0 Å². The van der Waals surface area contributed by atoms with E-state index < -0.39 is 0 Å². The zero-order valence-corrected chi connectivity index (χ0v) is 14.5. The van der Waals surface area contributed by atoms with Crippen molar-refractivity contribution in [2.75, 3.05) is 19.6 Å². The van der Waals surface area contributed by atoms with E-state index in [1.807, 2.05) is 41.2 Å². The molecule has 0 bridgehead atoms. The minimum absolute atomic E-state index is 0.0142. The van der Waals surface area contributed by atoms with Crippen LogP contribution in [0, 0.1) is 5.92 Å². The first-order valence-electron chi connectivity index (χ1n) is 8.70. The van der Waals surface area contributed by atoms with Crippen LogP contribution in [0.15, 0.2) is 42.7 Å². The van der Waals surface area contributed by atoms with Crippen LogP contribution in [0.2, 0.25) is 0 Å². The Bertz CT molecular complexity index is 666. The van der Waals surface area contributed by atoms with Crippen LogP contribution in [0.25, 0.3) is 0 Å². The van der Waals surface area contributed by atoms with Gasteiger partial charge in [0.1, 0.15) is 0 Å². The zero-order valence-electron chi connectivity index (χ0n) is 14.5. The van der Waals surface area contributed by atoms with Crippen LogP contribution < -0.4 is 5.32 Å². The number of benzene rings is 1. The normalized spacial score (nSPS) is 18.2. The minimum atomic E-state index is 0.0142. The van der Waals surface area contributed by atoms with E-state index in [1.54, 1.807) is 6.20 Å². The van der Waals surface area contributed by atoms with Gasteiger partial charge in [0.25, 0.3) is 5.91 Å². The zero-order chi connectivity index (χ0) is 16.9. The highest BCUT2D eigenvalue weighted by molar-refractivity contribution is 5.94. The number of nitrogens with zero attached hydrogens (tertiary/aromatic N) is 3. The van der Waals surface area contributed by atoms with Crippen molar-refractivity contribution < 1.29 is 4.79 Å². The number of likely N-dealkylation sites (tertiary alicyclic amines) is 1. The van der Waals surface area contributed by atoms with E-state index in [9.17, 15) is 4.79 Å². The van der Waals surface area contributed by atoms with Gasteiger partial charge in [-0.25, -0.2) is 0 Å². The van der Waals surface area contributed by atoms with E-state index in [1.165, 1.54) is 0 Å². The average Bonchev–Trinajstić information content (AvgIpc) is 3.24. The fraction of sp³-hybridized carbons (Fsp3) is 0.474. The fourth-order valence-corrected chi connectivity index (χ4v) is 3.23. The molecule has 0 aliphatic carbocycles. The number of amides is 1. The van der Waals surface area contributed by atoms with Crippen LogP contribution >= 0.6 is 0 Å². The van der Waals surface area contributed by atoms with Gasteiger partial charge in [-0.05, 0) is 56.5 Å². The summed E-state index contributed by atoms with van der Waals surface area (Å²) in [6.07, 6.45) is 4.85. The van der Waals surface area contributed by atoms with E-state index in [4.69, 9.17) is 0 Å². The van der Waals surface area contributed by atoms with Gasteiger partial charge in [-0.3, -0.25) is 9.48 Å². The Morgan fingerprint density at radius 2 is 2.25 bits per heavy atom. The molecule has 0 spiro atoms. The molecule has 1 N–H and O–H groups in total. The number of carbonyl (C=O) groups is 1. The predicted molar refractivity (Wildman–Crippen MR) is 94.9 cm³/mol. The van der Waals surface area contributed by atoms with Gasteiger partial charge in [-0.1, -0.05) is 12.1 Å². The number of aromatic nitrogens is 2. The number of rotatable bonds is 6. The molecule has 1 aromatic carbocycles. The highest BCUT2D eigenvalue weighted by Crippen LogP contribution is 2.17. The molecule has 5 nitrogen and oxygen atoms in total. The third kappa shape index (κ3) is 4.23. The topological polar surface area (TPSA) is 50.2 Å². The third-order valence-electron chi connectivity index (χ3n) is 4.69.